The molecule has 0 bridgehead atoms. The highest BCUT2D eigenvalue weighted by atomic mass is 19.1. The predicted octanol–water partition coefficient (Wildman–Crippen LogP) is 2.20. The SMILES string of the molecule is CCNC(C)c1ccc(OCc2ncnn2C)cc1F. The van der Waals surface area contributed by atoms with Crippen LogP contribution in [0.2, 0.25) is 0 Å². The Morgan fingerprint density at radius 3 is 2.85 bits per heavy atom. The maximum absolute atomic E-state index is 14.0. The van der Waals surface area contributed by atoms with Gasteiger partial charge in [-0.3, -0.25) is 4.68 Å². The van der Waals surface area contributed by atoms with Crippen molar-refractivity contribution in [2.24, 2.45) is 7.05 Å². The molecule has 1 aromatic heterocycles. The lowest BCUT2D eigenvalue weighted by Gasteiger charge is -2.14. The average Bonchev–Trinajstić information content (AvgIpc) is 2.82. The monoisotopic (exact) mass is 278 g/mol. The van der Waals surface area contributed by atoms with Gasteiger partial charge in [0, 0.05) is 24.7 Å². The van der Waals surface area contributed by atoms with Crippen molar-refractivity contribution in [2.75, 3.05) is 6.54 Å². The van der Waals surface area contributed by atoms with Crippen molar-refractivity contribution in [3.8, 4) is 5.75 Å². The Morgan fingerprint density at radius 2 is 2.25 bits per heavy atom. The molecule has 0 amide bonds. The van der Waals surface area contributed by atoms with Crippen molar-refractivity contribution in [3.63, 3.8) is 0 Å². The summed E-state index contributed by atoms with van der Waals surface area (Å²) in [5.74, 6) is 0.905. The number of ether oxygens (including phenoxy) is 1. The molecule has 1 unspecified atom stereocenters. The van der Waals surface area contributed by atoms with Gasteiger partial charge in [0.2, 0.25) is 0 Å². The molecule has 1 aromatic carbocycles. The zero-order valence-electron chi connectivity index (χ0n) is 11.9. The Kier molecular flexibility index (Phi) is 4.68. The standard InChI is InChI=1S/C14H19FN4O/c1-4-16-10(2)12-6-5-11(7-13(12)15)20-8-14-17-9-18-19(14)3/h5-7,9-10,16H,4,8H2,1-3H3. The summed E-state index contributed by atoms with van der Waals surface area (Å²) >= 11 is 0. The Hall–Kier alpha value is -1.95. The van der Waals surface area contributed by atoms with Crippen LogP contribution in [0.4, 0.5) is 4.39 Å². The normalized spacial score (nSPS) is 12.4. The van der Waals surface area contributed by atoms with Gasteiger partial charge in [-0.1, -0.05) is 13.0 Å². The fraction of sp³-hybridized carbons (Fsp3) is 0.429. The van der Waals surface area contributed by atoms with Crippen molar-refractivity contribution in [1.82, 2.24) is 20.1 Å². The van der Waals surface area contributed by atoms with Gasteiger partial charge in [0.1, 0.15) is 24.5 Å². The molecule has 5 nitrogen and oxygen atoms in total. The summed E-state index contributed by atoms with van der Waals surface area (Å²) in [4.78, 5) is 4.05. The number of nitrogens with one attached hydrogen (secondary N) is 1. The third-order valence-corrected chi connectivity index (χ3v) is 3.12. The molecule has 1 heterocycles. The molecule has 2 aromatic rings. The zero-order valence-corrected chi connectivity index (χ0v) is 11.9. The summed E-state index contributed by atoms with van der Waals surface area (Å²) in [5.41, 5.74) is 0.637. The molecule has 0 fully saturated rings. The minimum atomic E-state index is -0.270. The van der Waals surface area contributed by atoms with Crippen LogP contribution < -0.4 is 10.1 Å². The number of aromatic nitrogens is 3. The van der Waals surface area contributed by atoms with Gasteiger partial charge in [-0.2, -0.15) is 5.10 Å². The first-order valence-electron chi connectivity index (χ1n) is 6.60. The van der Waals surface area contributed by atoms with Gasteiger partial charge in [0.05, 0.1) is 0 Å². The summed E-state index contributed by atoms with van der Waals surface area (Å²) in [6, 6.07) is 4.89. The predicted molar refractivity (Wildman–Crippen MR) is 73.8 cm³/mol. The Morgan fingerprint density at radius 1 is 1.45 bits per heavy atom. The van der Waals surface area contributed by atoms with Gasteiger partial charge in [-0.25, -0.2) is 9.37 Å². The molecule has 0 saturated carbocycles. The first kappa shape index (κ1) is 14.5. The van der Waals surface area contributed by atoms with Crippen LogP contribution in [0.15, 0.2) is 24.5 Å². The highest BCUT2D eigenvalue weighted by Crippen LogP contribution is 2.22. The minimum Gasteiger partial charge on any atom is -0.486 e. The highest BCUT2D eigenvalue weighted by Gasteiger charge is 2.11. The highest BCUT2D eigenvalue weighted by molar-refractivity contribution is 5.30. The van der Waals surface area contributed by atoms with Crippen molar-refractivity contribution in [2.45, 2.75) is 26.5 Å². The van der Waals surface area contributed by atoms with Crippen LogP contribution in [0.5, 0.6) is 5.75 Å². The Balaban J connectivity index is 2.03. The van der Waals surface area contributed by atoms with Gasteiger partial charge in [0.15, 0.2) is 5.82 Å². The molecular weight excluding hydrogens is 259 g/mol. The van der Waals surface area contributed by atoms with Crippen LogP contribution in [-0.4, -0.2) is 21.3 Å². The van der Waals surface area contributed by atoms with Crippen LogP contribution in [0, 0.1) is 5.82 Å². The molecular formula is C14H19FN4O. The van der Waals surface area contributed by atoms with Crippen molar-refractivity contribution in [1.29, 1.82) is 0 Å². The lowest BCUT2D eigenvalue weighted by Crippen LogP contribution is -2.18. The molecule has 0 aliphatic heterocycles. The van der Waals surface area contributed by atoms with E-state index in [9.17, 15) is 4.39 Å². The van der Waals surface area contributed by atoms with E-state index in [2.05, 4.69) is 15.4 Å². The van der Waals surface area contributed by atoms with E-state index in [0.717, 1.165) is 6.54 Å². The Labute approximate surface area is 117 Å². The topological polar surface area (TPSA) is 52.0 Å². The van der Waals surface area contributed by atoms with E-state index >= 15 is 0 Å². The van der Waals surface area contributed by atoms with E-state index in [1.165, 1.54) is 12.4 Å². The summed E-state index contributed by atoms with van der Waals surface area (Å²) in [6.45, 7) is 4.98. The maximum atomic E-state index is 14.0. The van der Waals surface area contributed by atoms with E-state index in [0.29, 0.717) is 17.1 Å². The number of halogens is 1. The molecule has 6 heteroatoms. The summed E-state index contributed by atoms with van der Waals surface area (Å²) in [5, 5.41) is 7.13. The minimum absolute atomic E-state index is 0.0206. The maximum Gasteiger partial charge on any atom is 0.164 e. The molecule has 1 atom stereocenters. The smallest absolute Gasteiger partial charge is 0.164 e. The lowest BCUT2D eigenvalue weighted by molar-refractivity contribution is 0.288. The van der Waals surface area contributed by atoms with Crippen LogP contribution in [0.3, 0.4) is 0 Å². The number of rotatable bonds is 6. The molecule has 2 rings (SSSR count). The molecule has 20 heavy (non-hydrogen) atoms. The third kappa shape index (κ3) is 3.33. The van der Waals surface area contributed by atoms with E-state index in [1.807, 2.05) is 13.8 Å². The van der Waals surface area contributed by atoms with Crippen molar-refractivity contribution in [3.05, 3.63) is 41.7 Å². The van der Waals surface area contributed by atoms with Crippen LogP contribution >= 0.6 is 0 Å². The zero-order chi connectivity index (χ0) is 14.5. The molecule has 108 valence electrons. The van der Waals surface area contributed by atoms with E-state index in [1.54, 1.807) is 23.9 Å². The second-order valence-corrected chi connectivity index (χ2v) is 4.55. The molecule has 0 radical (unpaired) electrons. The summed E-state index contributed by atoms with van der Waals surface area (Å²) < 4.78 is 21.2. The second kappa shape index (κ2) is 6.47. The molecule has 0 aliphatic carbocycles. The first-order valence-corrected chi connectivity index (χ1v) is 6.60. The van der Waals surface area contributed by atoms with E-state index < -0.39 is 0 Å². The Bertz CT molecular complexity index is 570. The van der Waals surface area contributed by atoms with Crippen molar-refractivity contribution < 1.29 is 9.13 Å². The number of aryl methyl sites for hydroxylation is 1. The molecule has 0 saturated heterocycles. The van der Waals surface area contributed by atoms with E-state index in [4.69, 9.17) is 4.74 Å². The van der Waals surface area contributed by atoms with Gasteiger partial charge >= 0.3 is 0 Å². The fourth-order valence-corrected chi connectivity index (χ4v) is 1.96. The van der Waals surface area contributed by atoms with Gasteiger partial charge < -0.3 is 10.1 Å². The number of benzene rings is 1. The van der Waals surface area contributed by atoms with Gasteiger partial charge in [-0.15, -0.1) is 0 Å². The van der Waals surface area contributed by atoms with E-state index in [-0.39, 0.29) is 18.5 Å². The quantitative estimate of drug-likeness (QED) is 0.880. The largest absolute Gasteiger partial charge is 0.486 e. The van der Waals surface area contributed by atoms with Gasteiger partial charge in [0.25, 0.3) is 0 Å². The number of hydrogen-bond acceptors (Lipinski definition) is 4. The number of nitrogens with zero attached hydrogens (tertiary/aromatic N) is 3. The van der Waals surface area contributed by atoms with Gasteiger partial charge in [-0.05, 0) is 19.5 Å². The fourth-order valence-electron chi connectivity index (χ4n) is 1.96. The van der Waals surface area contributed by atoms with Crippen LogP contribution in [-0.2, 0) is 13.7 Å². The third-order valence-electron chi connectivity index (χ3n) is 3.12. The molecule has 0 aliphatic rings. The lowest BCUT2D eigenvalue weighted by atomic mass is 10.1. The molecule has 0 spiro atoms. The second-order valence-electron chi connectivity index (χ2n) is 4.55. The number of hydrogen-bond donors (Lipinski definition) is 1. The molecule has 1 N–H and O–H groups in total. The summed E-state index contributed by atoms with van der Waals surface area (Å²) in [6.07, 6.45) is 1.46. The van der Waals surface area contributed by atoms with Crippen molar-refractivity contribution >= 4 is 0 Å². The average molecular weight is 278 g/mol. The first-order chi connectivity index (χ1) is 9.61. The van der Waals surface area contributed by atoms with Crippen LogP contribution in [0.1, 0.15) is 31.3 Å². The summed E-state index contributed by atoms with van der Waals surface area (Å²) in [7, 11) is 1.79. The van der Waals surface area contributed by atoms with Crippen LogP contribution in [0.25, 0.3) is 0 Å².